The van der Waals surface area contributed by atoms with Gasteiger partial charge < -0.3 is 20.3 Å². The Hall–Kier alpha value is -1.80. The van der Waals surface area contributed by atoms with E-state index in [0.717, 1.165) is 18.7 Å². The summed E-state index contributed by atoms with van der Waals surface area (Å²) in [5.74, 6) is 0.708. The Morgan fingerprint density at radius 2 is 1.77 bits per heavy atom. The molecule has 0 saturated heterocycles. The molecule has 0 radical (unpaired) electrons. The Morgan fingerprint density at radius 3 is 2.31 bits per heavy atom. The predicted octanol–water partition coefficient (Wildman–Crippen LogP) is 2.77. The number of nitrogens with one attached hydrogen (secondary N) is 2. The minimum atomic E-state index is -4.29. The summed E-state index contributed by atoms with van der Waals surface area (Å²) in [6.45, 7) is 5.26. The van der Waals surface area contributed by atoms with Crippen LogP contribution in [-0.2, 0) is 17.9 Å². The van der Waals surface area contributed by atoms with Gasteiger partial charge in [0.15, 0.2) is 5.96 Å². The van der Waals surface area contributed by atoms with Gasteiger partial charge >= 0.3 is 6.18 Å². The van der Waals surface area contributed by atoms with E-state index in [2.05, 4.69) is 46.2 Å². The van der Waals surface area contributed by atoms with E-state index in [0.29, 0.717) is 24.1 Å². The van der Waals surface area contributed by atoms with Crippen LogP contribution < -0.4 is 10.6 Å². The molecule has 0 aliphatic carbocycles. The van der Waals surface area contributed by atoms with Crippen molar-refractivity contribution < 1.29 is 17.9 Å². The van der Waals surface area contributed by atoms with E-state index in [4.69, 9.17) is 0 Å². The summed E-state index contributed by atoms with van der Waals surface area (Å²) >= 11 is 0. The molecule has 0 atom stereocenters. The highest BCUT2D eigenvalue weighted by Gasteiger charge is 2.27. The zero-order chi connectivity index (χ0) is 19.6. The lowest BCUT2D eigenvalue weighted by molar-refractivity contribution is -0.176. The maximum absolute atomic E-state index is 12.1. The fourth-order valence-electron chi connectivity index (χ4n) is 2.05. The van der Waals surface area contributed by atoms with Crippen LogP contribution in [0.25, 0.3) is 0 Å². The number of rotatable bonds is 9. The summed E-state index contributed by atoms with van der Waals surface area (Å²) < 4.78 is 40.8. The molecule has 0 heterocycles. The first kappa shape index (κ1) is 22.2. The number of likely N-dealkylation sites (N-methyl/N-ethyl adjacent to an activating group) is 1. The van der Waals surface area contributed by atoms with Crippen LogP contribution in [0.4, 0.5) is 13.2 Å². The van der Waals surface area contributed by atoms with Crippen LogP contribution >= 0.6 is 0 Å². The van der Waals surface area contributed by atoms with E-state index >= 15 is 0 Å². The second-order valence-electron chi connectivity index (χ2n) is 6.35. The third-order valence-corrected chi connectivity index (χ3v) is 3.88. The quantitative estimate of drug-likeness (QED) is 0.516. The zero-order valence-electron chi connectivity index (χ0n) is 15.9. The molecule has 148 valence electrons. The number of ether oxygens (including phenoxy) is 1. The number of halogens is 3. The van der Waals surface area contributed by atoms with Crippen molar-refractivity contribution in [2.45, 2.75) is 39.2 Å². The van der Waals surface area contributed by atoms with Gasteiger partial charge in [0.05, 0.1) is 6.61 Å². The number of guanidine groups is 1. The fraction of sp³-hybridized carbons (Fsp3) is 0.611. The summed E-state index contributed by atoms with van der Waals surface area (Å²) in [5.41, 5.74) is 1.71. The first-order valence-corrected chi connectivity index (χ1v) is 8.58. The van der Waals surface area contributed by atoms with E-state index in [1.54, 1.807) is 19.2 Å². The van der Waals surface area contributed by atoms with E-state index < -0.39 is 12.8 Å². The lowest BCUT2D eigenvalue weighted by Gasteiger charge is -2.21. The zero-order valence-corrected chi connectivity index (χ0v) is 15.9. The Kier molecular flexibility index (Phi) is 9.43. The Bertz CT molecular complexity index is 544. The third-order valence-electron chi connectivity index (χ3n) is 3.88. The van der Waals surface area contributed by atoms with Crippen molar-refractivity contribution in [3.05, 3.63) is 35.4 Å². The maximum Gasteiger partial charge on any atom is 0.411 e. The summed E-state index contributed by atoms with van der Waals surface area (Å²) in [6, 6.07) is 7.74. The van der Waals surface area contributed by atoms with Crippen LogP contribution in [0.1, 0.15) is 25.0 Å². The van der Waals surface area contributed by atoms with E-state index in [1.165, 1.54) is 0 Å². The molecule has 1 aromatic carbocycles. The van der Waals surface area contributed by atoms with Gasteiger partial charge in [0, 0.05) is 32.7 Å². The van der Waals surface area contributed by atoms with Crippen LogP contribution in [0.5, 0.6) is 0 Å². The molecule has 1 rings (SSSR count). The summed E-state index contributed by atoms with van der Waals surface area (Å²) in [5, 5.41) is 6.46. The lowest BCUT2D eigenvalue weighted by Crippen LogP contribution is -2.41. The monoisotopic (exact) mass is 374 g/mol. The molecule has 8 heteroatoms. The van der Waals surface area contributed by atoms with Crippen LogP contribution in [-0.4, -0.2) is 56.9 Å². The molecule has 0 aliphatic heterocycles. The van der Waals surface area contributed by atoms with E-state index in [9.17, 15) is 13.2 Å². The second kappa shape index (κ2) is 11.0. The Morgan fingerprint density at radius 1 is 1.15 bits per heavy atom. The molecule has 0 amide bonds. The SMILES string of the molecule is CN=C(NCCN(C)C(C)C)NCc1ccc(COCC(F)(F)F)cc1. The van der Waals surface area contributed by atoms with E-state index in [1.807, 2.05) is 12.1 Å². The van der Waals surface area contributed by atoms with Gasteiger partial charge in [-0.1, -0.05) is 24.3 Å². The Balaban J connectivity index is 2.34. The number of aliphatic imine (C=N–C) groups is 1. The van der Waals surface area contributed by atoms with Crippen molar-refractivity contribution in [3.63, 3.8) is 0 Å². The molecular formula is C18H29F3N4O. The van der Waals surface area contributed by atoms with Crippen LogP contribution in [0.15, 0.2) is 29.3 Å². The molecule has 2 N–H and O–H groups in total. The topological polar surface area (TPSA) is 48.9 Å². The average molecular weight is 374 g/mol. The number of nitrogens with zero attached hydrogens (tertiary/aromatic N) is 2. The molecule has 5 nitrogen and oxygen atoms in total. The van der Waals surface area contributed by atoms with Crippen molar-refractivity contribution in [2.24, 2.45) is 4.99 Å². The molecule has 0 fully saturated rings. The van der Waals surface area contributed by atoms with Crippen molar-refractivity contribution in [1.82, 2.24) is 15.5 Å². The molecule has 1 aromatic rings. The van der Waals surface area contributed by atoms with Crippen molar-refractivity contribution in [3.8, 4) is 0 Å². The number of alkyl halides is 3. The minimum absolute atomic E-state index is 0.0557. The summed E-state index contributed by atoms with van der Waals surface area (Å²) in [7, 11) is 3.78. The normalized spacial score (nSPS) is 12.7. The van der Waals surface area contributed by atoms with Crippen LogP contribution in [0.3, 0.4) is 0 Å². The maximum atomic E-state index is 12.1. The molecule has 0 unspecified atom stereocenters. The highest BCUT2D eigenvalue weighted by atomic mass is 19.4. The Labute approximate surface area is 153 Å². The van der Waals surface area contributed by atoms with Crippen molar-refractivity contribution in [2.75, 3.05) is 33.8 Å². The van der Waals surface area contributed by atoms with Crippen molar-refractivity contribution >= 4 is 5.96 Å². The van der Waals surface area contributed by atoms with Crippen LogP contribution in [0.2, 0.25) is 0 Å². The molecule has 0 aromatic heterocycles. The second-order valence-corrected chi connectivity index (χ2v) is 6.35. The highest BCUT2D eigenvalue weighted by molar-refractivity contribution is 5.79. The molecule has 0 spiro atoms. The van der Waals surface area contributed by atoms with Gasteiger partial charge in [-0.3, -0.25) is 4.99 Å². The fourth-order valence-corrected chi connectivity index (χ4v) is 2.05. The number of benzene rings is 1. The lowest BCUT2D eigenvalue weighted by atomic mass is 10.1. The summed E-state index contributed by atoms with van der Waals surface area (Å²) in [4.78, 5) is 6.41. The largest absolute Gasteiger partial charge is 0.411 e. The van der Waals surface area contributed by atoms with Gasteiger partial charge in [-0.15, -0.1) is 0 Å². The summed E-state index contributed by atoms with van der Waals surface area (Å²) in [6.07, 6.45) is -4.29. The standard InChI is InChI=1S/C18H29F3N4O/c1-14(2)25(4)10-9-23-17(22-3)24-11-15-5-7-16(8-6-15)12-26-13-18(19,20)21/h5-8,14H,9-13H2,1-4H3,(H2,22,23,24). The predicted molar refractivity (Wildman–Crippen MR) is 98.1 cm³/mol. The minimum Gasteiger partial charge on any atom is -0.367 e. The number of hydrogen-bond donors (Lipinski definition) is 2. The van der Waals surface area contributed by atoms with Gasteiger partial charge in [0.1, 0.15) is 6.61 Å². The molecule has 0 bridgehead atoms. The highest BCUT2D eigenvalue weighted by Crippen LogP contribution is 2.15. The van der Waals surface area contributed by atoms with Gasteiger partial charge in [0.2, 0.25) is 0 Å². The molecular weight excluding hydrogens is 345 g/mol. The number of hydrogen-bond acceptors (Lipinski definition) is 3. The average Bonchev–Trinajstić information content (AvgIpc) is 2.57. The van der Waals surface area contributed by atoms with Gasteiger partial charge in [-0.2, -0.15) is 13.2 Å². The molecule has 0 saturated carbocycles. The van der Waals surface area contributed by atoms with Crippen molar-refractivity contribution in [1.29, 1.82) is 0 Å². The van der Waals surface area contributed by atoms with E-state index in [-0.39, 0.29) is 6.61 Å². The molecule has 0 aliphatic rings. The van der Waals surface area contributed by atoms with Crippen LogP contribution in [0, 0.1) is 0 Å². The van der Waals surface area contributed by atoms with Gasteiger partial charge in [-0.05, 0) is 32.0 Å². The van der Waals surface area contributed by atoms with Gasteiger partial charge in [0.25, 0.3) is 0 Å². The third kappa shape index (κ3) is 9.62. The van der Waals surface area contributed by atoms with Gasteiger partial charge in [-0.25, -0.2) is 0 Å². The smallest absolute Gasteiger partial charge is 0.367 e. The molecule has 26 heavy (non-hydrogen) atoms. The first-order valence-electron chi connectivity index (χ1n) is 8.58. The first-order chi connectivity index (χ1) is 12.2.